The number of fused-ring (bicyclic) bond motifs is 1. The summed E-state index contributed by atoms with van der Waals surface area (Å²) in [6.07, 6.45) is 2.18. The van der Waals surface area contributed by atoms with Crippen LogP contribution in [0.25, 0.3) is 0 Å². The molecule has 2 heteroatoms. The Labute approximate surface area is 139 Å². The van der Waals surface area contributed by atoms with Crippen molar-refractivity contribution < 1.29 is 4.74 Å². The second-order valence-electron chi connectivity index (χ2n) is 7.58. The van der Waals surface area contributed by atoms with Crippen LogP contribution < -0.4 is 10.1 Å². The number of hydrogen-bond donors (Lipinski definition) is 1. The van der Waals surface area contributed by atoms with Crippen LogP contribution in [0.4, 0.5) is 5.69 Å². The molecule has 2 aromatic rings. The van der Waals surface area contributed by atoms with E-state index < -0.39 is 0 Å². The molecular formula is C21H27NO. The number of rotatable bonds is 3. The Balaban J connectivity index is 1.87. The molecule has 0 spiro atoms. The molecule has 1 atom stereocenters. The molecule has 1 heterocycles. The van der Waals surface area contributed by atoms with Gasteiger partial charge in [-0.15, -0.1) is 0 Å². The molecule has 1 aliphatic heterocycles. The Morgan fingerprint density at radius 3 is 2.39 bits per heavy atom. The van der Waals surface area contributed by atoms with E-state index in [1.165, 1.54) is 28.8 Å². The summed E-state index contributed by atoms with van der Waals surface area (Å²) in [5.74, 6) is 1.53. The van der Waals surface area contributed by atoms with Gasteiger partial charge in [-0.05, 0) is 59.1 Å². The van der Waals surface area contributed by atoms with Crippen LogP contribution in [0.3, 0.4) is 0 Å². The van der Waals surface area contributed by atoms with Crippen LogP contribution in [-0.2, 0) is 6.42 Å². The summed E-state index contributed by atoms with van der Waals surface area (Å²) in [6.45, 7) is 8.13. The normalized spacial score (nSPS) is 17.3. The number of ether oxygens (including phenoxy) is 1. The highest BCUT2D eigenvalue weighted by atomic mass is 16.5. The molecule has 1 N–H and O–H groups in total. The maximum atomic E-state index is 5.24. The molecule has 0 bridgehead atoms. The second-order valence-corrected chi connectivity index (χ2v) is 7.58. The lowest BCUT2D eigenvalue weighted by atomic mass is 9.72. The summed E-state index contributed by atoms with van der Waals surface area (Å²) in [6, 6.07) is 15.3. The zero-order chi connectivity index (χ0) is 16.4. The van der Waals surface area contributed by atoms with Gasteiger partial charge in [0, 0.05) is 12.2 Å². The zero-order valence-electron chi connectivity index (χ0n) is 14.6. The van der Waals surface area contributed by atoms with Gasteiger partial charge in [0.1, 0.15) is 5.75 Å². The molecule has 0 radical (unpaired) electrons. The number of anilines is 1. The van der Waals surface area contributed by atoms with Crippen LogP contribution in [0, 0.1) is 5.41 Å². The van der Waals surface area contributed by atoms with Crippen molar-refractivity contribution >= 4 is 5.69 Å². The average Bonchev–Trinajstić information content (AvgIpc) is 2.54. The smallest absolute Gasteiger partial charge is 0.118 e. The lowest BCUT2D eigenvalue weighted by Crippen LogP contribution is -2.26. The minimum absolute atomic E-state index is 0.301. The lowest BCUT2D eigenvalue weighted by molar-refractivity contribution is 0.305. The minimum atomic E-state index is 0.301. The predicted molar refractivity (Wildman–Crippen MR) is 97.5 cm³/mol. The molecule has 0 saturated carbocycles. The maximum absolute atomic E-state index is 5.24. The summed E-state index contributed by atoms with van der Waals surface area (Å²) in [7, 11) is 1.71. The van der Waals surface area contributed by atoms with Crippen molar-refractivity contribution in [1.82, 2.24) is 0 Å². The van der Waals surface area contributed by atoms with Crippen LogP contribution in [0.15, 0.2) is 42.5 Å². The summed E-state index contributed by atoms with van der Waals surface area (Å²) < 4.78 is 5.24. The Kier molecular flexibility index (Phi) is 4.34. The Morgan fingerprint density at radius 2 is 1.74 bits per heavy atom. The van der Waals surface area contributed by atoms with E-state index in [0.29, 0.717) is 11.3 Å². The van der Waals surface area contributed by atoms with Gasteiger partial charge in [-0.1, -0.05) is 45.0 Å². The van der Waals surface area contributed by atoms with Crippen molar-refractivity contribution in [3.05, 3.63) is 59.2 Å². The van der Waals surface area contributed by atoms with Crippen molar-refractivity contribution in [2.45, 2.75) is 39.5 Å². The third-order valence-corrected chi connectivity index (χ3v) is 4.85. The first-order valence-electron chi connectivity index (χ1n) is 8.47. The van der Waals surface area contributed by atoms with E-state index in [0.717, 1.165) is 18.7 Å². The van der Waals surface area contributed by atoms with Gasteiger partial charge in [0.05, 0.1) is 7.11 Å². The fourth-order valence-electron chi connectivity index (χ4n) is 3.56. The monoisotopic (exact) mass is 309 g/mol. The van der Waals surface area contributed by atoms with Crippen LogP contribution in [0.2, 0.25) is 0 Å². The number of benzene rings is 2. The molecule has 2 aromatic carbocycles. The fraction of sp³-hybridized carbons (Fsp3) is 0.429. The third-order valence-electron chi connectivity index (χ3n) is 4.85. The highest BCUT2D eigenvalue weighted by Gasteiger charge is 2.30. The summed E-state index contributed by atoms with van der Waals surface area (Å²) >= 11 is 0. The first-order valence-corrected chi connectivity index (χ1v) is 8.47. The number of methoxy groups -OCH3 is 1. The highest BCUT2D eigenvalue weighted by molar-refractivity contribution is 5.57. The summed E-state index contributed by atoms with van der Waals surface area (Å²) in [5, 5.41) is 3.55. The SMILES string of the molecule is COc1ccc(Cc2ccc3c(c2)C(C(C)(C)C)CCN3)cc1. The van der Waals surface area contributed by atoms with Crippen LogP contribution in [-0.4, -0.2) is 13.7 Å². The number of nitrogens with one attached hydrogen (secondary N) is 1. The summed E-state index contributed by atoms with van der Waals surface area (Å²) in [4.78, 5) is 0. The van der Waals surface area contributed by atoms with E-state index in [1.54, 1.807) is 7.11 Å². The van der Waals surface area contributed by atoms with E-state index in [4.69, 9.17) is 4.74 Å². The Bertz CT molecular complexity index is 667. The Hall–Kier alpha value is -1.96. The van der Waals surface area contributed by atoms with E-state index in [2.05, 4.69) is 56.4 Å². The quantitative estimate of drug-likeness (QED) is 0.838. The predicted octanol–water partition coefficient (Wildman–Crippen LogP) is 5.23. The maximum Gasteiger partial charge on any atom is 0.118 e. The molecule has 0 aliphatic carbocycles. The Morgan fingerprint density at radius 1 is 1.04 bits per heavy atom. The molecule has 2 nitrogen and oxygen atoms in total. The topological polar surface area (TPSA) is 21.3 Å². The van der Waals surface area contributed by atoms with Crippen molar-refractivity contribution in [3.8, 4) is 5.75 Å². The van der Waals surface area contributed by atoms with Gasteiger partial charge in [-0.2, -0.15) is 0 Å². The van der Waals surface area contributed by atoms with Crippen molar-refractivity contribution in [3.63, 3.8) is 0 Å². The molecule has 0 aromatic heterocycles. The van der Waals surface area contributed by atoms with Crippen LogP contribution in [0.1, 0.15) is 49.8 Å². The van der Waals surface area contributed by atoms with Gasteiger partial charge in [-0.3, -0.25) is 0 Å². The van der Waals surface area contributed by atoms with E-state index in [-0.39, 0.29) is 0 Å². The van der Waals surface area contributed by atoms with E-state index >= 15 is 0 Å². The van der Waals surface area contributed by atoms with Gasteiger partial charge in [-0.25, -0.2) is 0 Å². The number of hydrogen-bond acceptors (Lipinski definition) is 2. The molecule has 0 saturated heterocycles. The molecule has 0 amide bonds. The molecule has 122 valence electrons. The zero-order valence-corrected chi connectivity index (χ0v) is 14.6. The lowest BCUT2D eigenvalue weighted by Gasteiger charge is -2.36. The van der Waals surface area contributed by atoms with Gasteiger partial charge >= 0.3 is 0 Å². The van der Waals surface area contributed by atoms with Gasteiger partial charge in [0.15, 0.2) is 0 Å². The third kappa shape index (κ3) is 3.52. The van der Waals surface area contributed by atoms with E-state index in [9.17, 15) is 0 Å². The van der Waals surface area contributed by atoms with Gasteiger partial charge < -0.3 is 10.1 Å². The largest absolute Gasteiger partial charge is 0.497 e. The van der Waals surface area contributed by atoms with Crippen molar-refractivity contribution in [2.24, 2.45) is 5.41 Å². The van der Waals surface area contributed by atoms with E-state index in [1.807, 2.05) is 12.1 Å². The van der Waals surface area contributed by atoms with Crippen molar-refractivity contribution in [2.75, 3.05) is 19.0 Å². The second kappa shape index (κ2) is 6.27. The van der Waals surface area contributed by atoms with Crippen LogP contribution >= 0.6 is 0 Å². The first-order chi connectivity index (χ1) is 11.0. The fourth-order valence-corrected chi connectivity index (χ4v) is 3.56. The standard InChI is InChI=1S/C21H27NO/c1-21(2,3)19-11-12-22-20-10-7-16(14-18(19)20)13-15-5-8-17(23-4)9-6-15/h5-10,14,19,22H,11-13H2,1-4H3. The van der Waals surface area contributed by atoms with Crippen LogP contribution in [0.5, 0.6) is 5.75 Å². The highest BCUT2D eigenvalue weighted by Crippen LogP contribution is 2.43. The minimum Gasteiger partial charge on any atom is -0.497 e. The first kappa shape index (κ1) is 15.9. The molecule has 3 rings (SSSR count). The average molecular weight is 309 g/mol. The molecule has 1 unspecified atom stereocenters. The van der Waals surface area contributed by atoms with Gasteiger partial charge in [0.25, 0.3) is 0 Å². The summed E-state index contributed by atoms with van der Waals surface area (Å²) in [5.41, 5.74) is 5.80. The molecule has 1 aliphatic rings. The molecule has 0 fully saturated rings. The molecule has 23 heavy (non-hydrogen) atoms. The van der Waals surface area contributed by atoms with Crippen molar-refractivity contribution in [1.29, 1.82) is 0 Å². The molecular weight excluding hydrogens is 282 g/mol. The van der Waals surface area contributed by atoms with Gasteiger partial charge in [0.2, 0.25) is 0 Å².